The van der Waals surface area contributed by atoms with Crippen molar-refractivity contribution in [3.63, 3.8) is 0 Å². The molecule has 2 heterocycles. The maximum Gasteiger partial charge on any atom is 0.319 e. The first-order valence-electron chi connectivity index (χ1n) is 7.94. The number of ether oxygens (including phenoxy) is 1. The summed E-state index contributed by atoms with van der Waals surface area (Å²) < 4.78 is 11.0. The van der Waals surface area contributed by atoms with Crippen LogP contribution in [0.4, 0.5) is 10.5 Å². The van der Waals surface area contributed by atoms with E-state index in [2.05, 4.69) is 20.8 Å². The molecule has 1 aliphatic heterocycles. The van der Waals surface area contributed by atoms with Gasteiger partial charge in [0.05, 0.1) is 6.54 Å². The average Bonchev–Trinajstić information content (AvgIpc) is 3.29. The van der Waals surface area contributed by atoms with Crippen LogP contribution < -0.4 is 15.4 Å². The van der Waals surface area contributed by atoms with Crippen LogP contribution in [-0.2, 0) is 6.42 Å². The summed E-state index contributed by atoms with van der Waals surface area (Å²) in [4.78, 5) is 12.1. The Morgan fingerprint density at radius 3 is 2.96 bits per heavy atom. The number of aromatic nitrogens is 2. The summed E-state index contributed by atoms with van der Waals surface area (Å²) in [5.74, 6) is 1.29. The summed E-state index contributed by atoms with van der Waals surface area (Å²) in [6.45, 7) is 0.434. The summed E-state index contributed by atoms with van der Waals surface area (Å²) in [5.41, 5.74) is 2.55. The Bertz CT molecular complexity index is 855. The lowest BCUT2D eigenvalue weighted by molar-refractivity contribution is 0.219. The van der Waals surface area contributed by atoms with Crippen molar-refractivity contribution in [2.45, 2.75) is 12.5 Å². The van der Waals surface area contributed by atoms with Crippen LogP contribution in [0.1, 0.15) is 5.56 Å². The van der Waals surface area contributed by atoms with Crippen LogP contribution in [-0.4, -0.2) is 28.9 Å². The first-order valence-corrected chi connectivity index (χ1v) is 7.94. The number of carbonyl (C=O) groups excluding carboxylic acids is 1. The highest BCUT2D eigenvalue weighted by Crippen LogP contribution is 2.27. The third-order valence-corrected chi connectivity index (χ3v) is 3.93. The fourth-order valence-electron chi connectivity index (χ4n) is 2.78. The molecule has 1 atom stereocenters. The third-order valence-electron chi connectivity index (χ3n) is 3.93. The predicted octanol–water partition coefficient (Wildman–Crippen LogP) is 2.86. The lowest BCUT2D eigenvalue weighted by Gasteiger charge is -2.13. The SMILES string of the molecule is O=C(NC[C@H]1Cc2ccccc2O1)Nc1cccc(-c2nnco2)c1. The molecule has 25 heavy (non-hydrogen) atoms. The fraction of sp³-hybridized carbons (Fsp3) is 0.167. The van der Waals surface area contributed by atoms with E-state index in [-0.39, 0.29) is 12.1 Å². The quantitative estimate of drug-likeness (QED) is 0.765. The number of rotatable bonds is 4. The zero-order valence-corrected chi connectivity index (χ0v) is 13.3. The maximum absolute atomic E-state index is 12.1. The van der Waals surface area contributed by atoms with Crippen LogP contribution >= 0.6 is 0 Å². The van der Waals surface area contributed by atoms with Gasteiger partial charge < -0.3 is 19.8 Å². The van der Waals surface area contributed by atoms with Crippen LogP contribution in [0, 0.1) is 0 Å². The molecule has 0 bridgehead atoms. The van der Waals surface area contributed by atoms with E-state index in [1.165, 1.54) is 12.0 Å². The van der Waals surface area contributed by atoms with Crippen molar-refractivity contribution >= 4 is 11.7 Å². The first-order chi connectivity index (χ1) is 12.3. The van der Waals surface area contributed by atoms with Gasteiger partial charge in [0.25, 0.3) is 0 Å². The van der Waals surface area contributed by atoms with Crippen molar-refractivity contribution in [3.05, 3.63) is 60.5 Å². The van der Waals surface area contributed by atoms with Crippen molar-refractivity contribution < 1.29 is 13.9 Å². The fourth-order valence-corrected chi connectivity index (χ4v) is 2.78. The minimum atomic E-state index is -0.290. The molecule has 0 spiro atoms. The Hall–Kier alpha value is -3.35. The third kappa shape index (κ3) is 3.45. The molecule has 4 rings (SSSR count). The molecule has 1 aromatic heterocycles. The number of hydrogen-bond acceptors (Lipinski definition) is 5. The molecule has 126 valence electrons. The lowest BCUT2D eigenvalue weighted by Crippen LogP contribution is -2.37. The van der Waals surface area contributed by atoms with Crippen LogP contribution in [0.3, 0.4) is 0 Å². The molecular weight excluding hydrogens is 320 g/mol. The summed E-state index contributed by atoms with van der Waals surface area (Å²) in [7, 11) is 0. The van der Waals surface area contributed by atoms with Gasteiger partial charge in [-0.3, -0.25) is 0 Å². The predicted molar refractivity (Wildman–Crippen MR) is 91.3 cm³/mol. The summed E-state index contributed by atoms with van der Waals surface area (Å²) in [6.07, 6.45) is 2.01. The molecule has 7 nitrogen and oxygen atoms in total. The van der Waals surface area contributed by atoms with E-state index in [0.29, 0.717) is 18.1 Å². The molecular formula is C18H16N4O3. The van der Waals surface area contributed by atoms with Gasteiger partial charge in [-0.25, -0.2) is 4.79 Å². The molecule has 2 amide bonds. The summed E-state index contributed by atoms with van der Waals surface area (Å²) >= 11 is 0. The molecule has 3 aromatic rings. The van der Waals surface area contributed by atoms with Gasteiger partial charge in [-0.15, -0.1) is 10.2 Å². The Kier molecular flexibility index (Phi) is 4.04. The van der Waals surface area contributed by atoms with Gasteiger partial charge in [0.2, 0.25) is 12.3 Å². The molecule has 7 heteroatoms. The molecule has 0 saturated heterocycles. The minimum absolute atomic E-state index is 0.0483. The number of fused-ring (bicyclic) bond motifs is 1. The molecule has 1 aliphatic rings. The van der Waals surface area contributed by atoms with Crippen molar-refractivity contribution in [1.82, 2.24) is 15.5 Å². The van der Waals surface area contributed by atoms with Gasteiger partial charge in [0, 0.05) is 17.7 Å². The average molecular weight is 336 g/mol. The van der Waals surface area contributed by atoms with Crippen LogP contribution in [0.2, 0.25) is 0 Å². The van der Waals surface area contributed by atoms with Gasteiger partial charge in [-0.1, -0.05) is 24.3 Å². The Morgan fingerprint density at radius 1 is 1.20 bits per heavy atom. The van der Waals surface area contributed by atoms with Gasteiger partial charge in [-0.05, 0) is 29.8 Å². The number of amides is 2. The Balaban J connectivity index is 1.32. The van der Waals surface area contributed by atoms with Crippen molar-refractivity contribution in [3.8, 4) is 17.2 Å². The molecule has 2 N–H and O–H groups in total. The van der Waals surface area contributed by atoms with E-state index in [9.17, 15) is 4.79 Å². The Labute approximate surface area is 144 Å². The molecule has 0 aliphatic carbocycles. The molecule has 0 unspecified atom stereocenters. The van der Waals surface area contributed by atoms with Gasteiger partial charge >= 0.3 is 6.03 Å². The number of para-hydroxylation sites is 1. The van der Waals surface area contributed by atoms with E-state index in [1.807, 2.05) is 36.4 Å². The largest absolute Gasteiger partial charge is 0.488 e. The standard InChI is InChI=1S/C18H16N4O3/c23-18(19-10-15-9-12-4-1-2-7-16(12)25-15)21-14-6-3-5-13(8-14)17-22-20-11-24-17/h1-8,11,15H,9-10H2,(H2,19,21,23)/t15-/m1/s1. The number of carbonyl (C=O) groups is 1. The molecule has 0 fully saturated rings. The zero-order valence-electron chi connectivity index (χ0n) is 13.3. The van der Waals surface area contributed by atoms with Crippen LogP contribution in [0.5, 0.6) is 5.75 Å². The highest BCUT2D eigenvalue weighted by atomic mass is 16.5. The van der Waals surface area contributed by atoms with Gasteiger partial charge in [0.15, 0.2) is 0 Å². The van der Waals surface area contributed by atoms with Crippen molar-refractivity contribution in [2.75, 3.05) is 11.9 Å². The number of hydrogen-bond donors (Lipinski definition) is 2. The second-order valence-electron chi connectivity index (χ2n) is 5.71. The number of nitrogens with zero attached hydrogens (tertiary/aromatic N) is 2. The van der Waals surface area contributed by atoms with E-state index in [4.69, 9.17) is 9.15 Å². The molecule has 0 radical (unpaired) electrons. The second kappa shape index (κ2) is 6.64. The maximum atomic E-state index is 12.1. The molecule has 2 aromatic carbocycles. The smallest absolute Gasteiger partial charge is 0.319 e. The van der Waals surface area contributed by atoms with Crippen molar-refractivity contribution in [2.24, 2.45) is 0 Å². The minimum Gasteiger partial charge on any atom is -0.488 e. The monoisotopic (exact) mass is 336 g/mol. The number of anilines is 1. The first kappa shape index (κ1) is 15.2. The molecule has 0 saturated carbocycles. The van der Waals surface area contributed by atoms with E-state index in [0.717, 1.165) is 17.7 Å². The van der Waals surface area contributed by atoms with E-state index >= 15 is 0 Å². The number of urea groups is 1. The lowest BCUT2D eigenvalue weighted by atomic mass is 10.1. The zero-order chi connectivity index (χ0) is 17.1. The van der Waals surface area contributed by atoms with Crippen LogP contribution in [0.15, 0.2) is 59.3 Å². The highest BCUT2D eigenvalue weighted by Gasteiger charge is 2.22. The second-order valence-corrected chi connectivity index (χ2v) is 5.71. The normalized spacial score (nSPS) is 15.3. The van der Waals surface area contributed by atoms with Gasteiger partial charge in [0.1, 0.15) is 11.9 Å². The number of nitrogens with one attached hydrogen (secondary N) is 2. The van der Waals surface area contributed by atoms with Gasteiger partial charge in [-0.2, -0.15) is 0 Å². The summed E-state index contributed by atoms with van der Waals surface area (Å²) in [6, 6.07) is 14.8. The highest BCUT2D eigenvalue weighted by molar-refractivity contribution is 5.89. The van der Waals surface area contributed by atoms with Crippen molar-refractivity contribution in [1.29, 1.82) is 0 Å². The van der Waals surface area contributed by atoms with Crippen LogP contribution in [0.25, 0.3) is 11.5 Å². The number of benzene rings is 2. The van der Waals surface area contributed by atoms with E-state index < -0.39 is 0 Å². The topological polar surface area (TPSA) is 89.3 Å². The van der Waals surface area contributed by atoms with E-state index in [1.54, 1.807) is 12.1 Å². The Morgan fingerprint density at radius 2 is 2.12 bits per heavy atom. The summed E-state index contributed by atoms with van der Waals surface area (Å²) in [5, 5.41) is 13.1.